The van der Waals surface area contributed by atoms with Gasteiger partial charge in [0.1, 0.15) is 11.6 Å². The average Bonchev–Trinajstić information content (AvgIpc) is 2.84. The van der Waals surface area contributed by atoms with Crippen molar-refractivity contribution in [1.82, 2.24) is 10.2 Å². The maximum atomic E-state index is 13.1. The van der Waals surface area contributed by atoms with Gasteiger partial charge in [0.25, 0.3) is 0 Å². The summed E-state index contributed by atoms with van der Waals surface area (Å²) in [6.07, 6.45) is 1.14. The maximum absolute atomic E-state index is 13.1. The fraction of sp³-hybridized carbons (Fsp3) is 0.259. The number of nitrogens with one attached hydrogen (secondary N) is 2. The number of anilines is 1. The Bertz CT molecular complexity index is 1150. The smallest absolute Gasteiger partial charge is 0.238 e. The van der Waals surface area contributed by atoms with E-state index in [2.05, 4.69) is 10.6 Å². The lowest BCUT2D eigenvalue weighted by molar-refractivity contribution is -0.128. The van der Waals surface area contributed by atoms with E-state index >= 15 is 0 Å². The van der Waals surface area contributed by atoms with Gasteiger partial charge in [0, 0.05) is 24.8 Å². The summed E-state index contributed by atoms with van der Waals surface area (Å²) < 4.78 is 18.3. The van der Waals surface area contributed by atoms with Gasteiger partial charge in [0.05, 0.1) is 19.7 Å². The van der Waals surface area contributed by atoms with Crippen LogP contribution in [0.15, 0.2) is 72.8 Å². The van der Waals surface area contributed by atoms with Crippen LogP contribution in [-0.4, -0.2) is 43.0 Å². The summed E-state index contributed by atoms with van der Waals surface area (Å²) in [5, 5.41) is 5.89. The second kappa shape index (κ2) is 10.9. The molecule has 1 unspecified atom stereocenters. The van der Waals surface area contributed by atoms with E-state index in [1.807, 2.05) is 41.3 Å². The van der Waals surface area contributed by atoms with Crippen LogP contribution in [0.3, 0.4) is 0 Å². The van der Waals surface area contributed by atoms with Crippen molar-refractivity contribution < 1.29 is 18.7 Å². The maximum Gasteiger partial charge on any atom is 0.238 e. The SMILES string of the molecule is COc1cccc(NC(=O)CN2Cc3ccccc3CC2C(=O)NCCc2ccc(F)cc2)c1. The van der Waals surface area contributed by atoms with Gasteiger partial charge in [-0.25, -0.2) is 4.39 Å². The van der Waals surface area contributed by atoms with Gasteiger partial charge < -0.3 is 15.4 Å². The highest BCUT2D eigenvalue weighted by molar-refractivity contribution is 5.93. The minimum Gasteiger partial charge on any atom is -0.497 e. The van der Waals surface area contributed by atoms with Crippen LogP contribution in [0.5, 0.6) is 5.75 Å². The number of rotatable bonds is 8. The molecule has 6 nitrogen and oxygen atoms in total. The first kappa shape index (κ1) is 23.4. The molecule has 2 amide bonds. The Morgan fingerprint density at radius 2 is 1.79 bits per heavy atom. The molecule has 7 heteroatoms. The molecule has 0 radical (unpaired) electrons. The van der Waals surface area contributed by atoms with Crippen LogP contribution in [0.4, 0.5) is 10.1 Å². The van der Waals surface area contributed by atoms with Crippen molar-refractivity contribution in [2.24, 2.45) is 0 Å². The van der Waals surface area contributed by atoms with Gasteiger partial charge in [-0.15, -0.1) is 0 Å². The van der Waals surface area contributed by atoms with Crippen LogP contribution in [0.2, 0.25) is 0 Å². The molecule has 0 saturated heterocycles. The summed E-state index contributed by atoms with van der Waals surface area (Å²) in [6.45, 7) is 1.03. The molecule has 4 rings (SSSR count). The summed E-state index contributed by atoms with van der Waals surface area (Å²) in [5.41, 5.74) is 3.82. The predicted octanol–water partition coefficient (Wildman–Crippen LogP) is 3.56. The van der Waals surface area contributed by atoms with Crippen LogP contribution in [-0.2, 0) is 29.0 Å². The number of carbonyl (C=O) groups excluding carboxylic acids is 2. The number of ether oxygens (including phenoxy) is 1. The zero-order valence-electron chi connectivity index (χ0n) is 19.1. The molecule has 3 aromatic rings. The first-order chi connectivity index (χ1) is 16.5. The number of nitrogens with zero attached hydrogens (tertiary/aromatic N) is 1. The number of methoxy groups -OCH3 is 1. The number of amides is 2. The molecule has 0 aromatic heterocycles. The van der Waals surface area contributed by atoms with Crippen LogP contribution in [0, 0.1) is 5.82 Å². The third-order valence-corrected chi connectivity index (χ3v) is 5.97. The zero-order valence-corrected chi connectivity index (χ0v) is 19.1. The highest BCUT2D eigenvalue weighted by Gasteiger charge is 2.32. The Morgan fingerprint density at radius 1 is 1.03 bits per heavy atom. The molecule has 0 saturated carbocycles. The average molecular weight is 462 g/mol. The standard InChI is InChI=1S/C27H28FN3O3/c1-34-24-8-4-7-23(16-24)30-26(32)18-31-17-21-6-3-2-5-20(21)15-25(31)27(33)29-14-13-19-9-11-22(28)12-10-19/h2-12,16,25H,13-15,17-18H2,1H3,(H,29,33)(H,30,32). The van der Waals surface area contributed by atoms with Crippen molar-refractivity contribution in [3.05, 3.63) is 95.3 Å². The zero-order chi connectivity index (χ0) is 23.9. The monoisotopic (exact) mass is 461 g/mol. The Morgan fingerprint density at radius 3 is 2.56 bits per heavy atom. The topological polar surface area (TPSA) is 70.7 Å². The van der Waals surface area contributed by atoms with E-state index in [0.29, 0.717) is 37.4 Å². The minimum absolute atomic E-state index is 0.0849. The minimum atomic E-state index is -0.459. The van der Waals surface area contributed by atoms with Gasteiger partial charge in [0.15, 0.2) is 0 Å². The lowest BCUT2D eigenvalue weighted by atomic mass is 9.93. The first-order valence-electron chi connectivity index (χ1n) is 11.3. The molecule has 3 aromatic carbocycles. The van der Waals surface area contributed by atoms with Crippen LogP contribution in [0.1, 0.15) is 16.7 Å². The summed E-state index contributed by atoms with van der Waals surface area (Å²) in [5.74, 6) is 0.0576. The lowest BCUT2D eigenvalue weighted by Gasteiger charge is -2.35. The molecule has 1 atom stereocenters. The van der Waals surface area contributed by atoms with Crippen molar-refractivity contribution in [2.75, 3.05) is 25.5 Å². The summed E-state index contributed by atoms with van der Waals surface area (Å²) >= 11 is 0. The molecule has 0 spiro atoms. The highest BCUT2D eigenvalue weighted by Crippen LogP contribution is 2.24. The van der Waals surface area contributed by atoms with Gasteiger partial charge in [-0.1, -0.05) is 42.5 Å². The van der Waals surface area contributed by atoms with Crippen LogP contribution < -0.4 is 15.4 Å². The molecule has 1 aliphatic heterocycles. The number of hydrogen-bond donors (Lipinski definition) is 2. The Labute approximate surface area is 198 Å². The van der Waals surface area contributed by atoms with Gasteiger partial charge in [-0.3, -0.25) is 14.5 Å². The van der Waals surface area contributed by atoms with E-state index in [-0.39, 0.29) is 24.2 Å². The van der Waals surface area contributed by atoms with E-state index in [9.17, 15) is 14.0 Å². The summed E-state index contributed by atoms with van der Waals surface area (Å²) in [4.78, 5) is 27.9. The van der Waals surface area contributed by atoms with Gasteiger partial charge in [-0.05, 0) is 53.8 Å². The molecule has 2 N–H and O–H groups in total. The third kappa shape index (κ3) is 5.99. The molecular formula is C27H28FN3O3. The van der Waals surface area contributed by atoms with Gasteiger partial charge >= 0.3 is 0 Å². The van der Waals surface area contributed by atoms with E-state index in [1.54, 1.807) is 31.4 Å². The molecule has 34 heavy (non-hydrogen) atoms. The van der Waals surface area contributed by atoms with Crippen LogP contribution >= 0.6 is 0 Å². The fourth-order valence-corrected chi connectivity index (χ4v) is 4.19. The number of carbonyl (C=O) groups is 2. The van der Waals surface area contributed by atoms with E-state index in [1.165, 1.54) is 12.1 Å². The molecule has 176 valence electrons. The quantitative estimate of drug-likeness (QED) is 0.538. The Balaban J connectivity index is 1.41. The highest BCUT2D eigenvalue weighted by atomic mass is 19.1. The summed E-state index contributed by atoms with van der Waals surface area (Å²) in [6, 6.07) is 21.0. The van der Waals surface area contributed by atoms with Crippen molar-refractivity contribution in [3.63, 3.8) is 0 Å². The van der Waals surface area contributed by atoms with E-state index in [0.717, 1.165) is 16.7 Å². The van der Waals surface area contributed by atoms with E-state index in [4.69, 9.17) is 4.74 Å². The van der Waals surface area contributed by atoms with Gasteiger partial charge in [-0.2, -0.15) is 0 Å². The van der Waals surface area contributed by atoms with Crippen molar-refractivity contribution in [2.45, 2.75) is 25.4 Å². The van der Waals surface area contributed by atoms with Crippen molar-refractivity contribution >= 4 is 17.5 Å². The Kier molecular flexibility index (Phi) is 7.54. The molecule has 0 aliphatic carbocycles. The second-order valence-corrected chi connectivity index (χ2v) is 8.34. The first-order valence-corrected chi connectivity index (χ1v) is 11.3. The third-order valence-electron chi connectivity index (χ3n) is 5.97. The molecule has 1 heterocycles. The van der Waals surface area contributed by atoms with Crippen molar-refractivity contribution in [1.29, 1.82) is 0 Å². The molecule has 1 aliphatic rings. The number of benzene rings is 3. The number of halogens is 1. The fourth-order valence-electron chi connectivity index (χ4n) is 4.19. The largest absolute Gasteiger partial charge is 0.497 e. The normalized spacial score (nSPS) is 15.3. The molecule has 0 fully saturated rings. The molecular weight excluding hydrogens is 433 g/mol. The summed E-state index contributed by atoms with van der Waals surface area (Å²) in [7, 11) is 1.57. The van der Waals surface area contributed by atoms with Crippen LogP contribution in [0.25, 0.3) is 0 Å². The van der Waals surface area contributed by atoms with Gasteiger partial charge in [0.2, 0.25) is 11.8 Å². The predicted molar refractivity (Wildman–Crippen MR) is 129 cm³/mol. The number of fused-ring (bicyclic) bond motifs is 1. The lowest BCUT2D eigenvalue weighted by Crippen LogP contribution is -2.52. The van der Waals surface area contributed by atoms with Crippen molar-refractivity contribution in [3.8, 4) is 5.75 Å². The second-order valence-electron chi connectivity index (χ2n) is 8.34. The van der Waals surface area contributed by atoms with E-state index < -0.39 is 6.04 Å². The number of hydrogen-bond acceptors (Lipinski definition) is 4. The Hall–Kier alpha value is -3.71. The molecule has 0 bridgehead atoms.